The molecule has 1 aromatic rings. The molecule has 0 aliphatic carbocycles. The highest BCUT2D eigenvalue weighted by Crippen LogP contribution is 2.32. The van der Waals surface area contributed by atoms with Gasteiger partial charge in [-0.15, -0.1) is 0 Å². The predicted molar refractivity (Wildman–Crippen MR) is 61.4 cm³/mol. The number of unbranched alkanes of at least 4 members (excludes halogenated alkanes) is 2. The summed E-state index contributed by atoms with van der Waals surface area (Å²) in [6, 6.07) is 7.32. The molecule has 15 heavy (non-hydrogen) atoms. The number of rotatable bonds is 5. The van der Waals surface area contributed by atoms with Crippen LogP contribution in [0.25, 0.3) is 0 Å². The molecule has 0 heterocycles. The van der Waals surface area contributed by atoms with Crippen LogP contribution in [-0.2, 0) is 0 Å². The fourth-order valence-electron chi connectivity index (χ4n) is 1.10. The average Bonchev–Trinajstić information content (AvgIpc) is 2.21. The van der Waals surface area contributed by atoms with Crippen LogP contribution in [0.15, 0.2) is 18.2 Å². The minimum atomic E-state index is 0.516. The summed E-state index contributed by atoms with van der Waals surface area (Å²) in [5, 5.41) is 9.37. The summed E-state index contributed by atoms with van der Waals surface area (Å²) in [7, 11) is 0. The van der Waals surface area contributed by atoms with Gasteiger partial charge in [0.25, 0.3) is 0 Å². The van der Waals surface area contributed by atoms with Crippen molar-refractivity contribution in [1.82, 2.24) is 0 Å². The molecule has 1 aromatic carbocycles. The van der Waals surface area contributed by atoms with Crippen molar-refractivity contribution >= 4 is 23.2 Å². The number of hydrogen-bond acceptors (Lipinski definition) is 2. The normalized spacial score (nSPS) is 9.67. The molecule has 1 rings (SSSR count). The molecule has 0 spiro atoms. The van der Waals surface area contributed by atoms with Gasteiger partial charge in [-0.3, -0.25) is 0 Å². The van der Waals surface area contributed by atoms with Gasteiger partial charge in [0.05, 0.1) is 22.7 Å². The lowest BCUT2D eigenvalue weighted by Gasteiger charge is -2.08. The van der Waals surface area contributed by atoms with E-state index in [1.165, 1.54) is 0 Å². The van der Waals surface area contributed by atoms with E-state index in [1.807, 2.05) is 0 Å². The molecule has 0 fully saturated rings. The first kappa shape index (κ1) is 12.2. The molecule has 2 nitrogen and oxygen atoms in total. The van der Waals surface area contributed by atoms with Crippen LogP contribution in [0, 0.1) is 11.3 Å². The molecule has 0 amide bonds. The molecule has 0 aliphatic rings. The summed E-state index contributed by atoms with van der Waals surface area (Å²) >= 11 is 11.8. The molecular formula is C11H11Cl2NO. The minimum absolute atomic E-state index is 0.516. The van der Waals surface area contributed by atoms with Gasteiger partial charge in [-0.25, -0.2) is 0 Å². The number of hydrogen-bond donors (Lipinski definition) is 0. The molecule has 80 valence electrons. The van der Waals surface area contributed by atoms with E-state index in [4.69, 9.17) is 33.2 Å². The van der Waals surface area contributed by atoms with Gasteiger partial charge in [0.2, 0.25) is 0 Å². The first-order valence-electron chi connectivity index (χ1n) is 4.69. The van der Waals surface area contributed by atoms with E-state index in [0.717, 1.165) is 12.8 Å². The maximum atomic E-state index is 8.34. The SMILES string of the molecule is N#CCCCCOc1c(Cl)cccc1Cl. The standard InChI is InChI=1S/C11H11Cl2NO/c12-9-5-4-6-10(13)11(9)15-8-3-1-2-7-14/h4-6H,1-3,8H2. The fourth-order valence-corrected chi connectivity index (χ4v) is 1.61. The van der Waals surface area contributed by atoms with Crippen LogP contribution >= 0.6 is 23.2 Å². The van der Waals surface area contributed by atoms with E-state index in [-0.39, 0.29) is 0 Å². The van der Waals surface area contributed by atoms with Crippen molar-refractivity contribution in [1.29, 1.82) is 5.26 Å². The summed E-state index contributed by atoms with van der Waals surface area (Å²) < 4.78 is 5.44. The second kappa shape index (κ2) is 6.55. The molecule has 0 unspecified atom stereocenters. The summed E-state index contributed by atoms with van der Waals surface area (Å²) in [5.74, 6) is 0.526. The Morgan fingerprint density at radius 3 is 2.47 bits per heavy atom. The summed E-state index contributed by atoms with van der Waals surface area (Å²) in [4.78, 5) is 0. The van der Waals surface area contributed by atoms with E-state index in [2.05, 4.69) is 6.07 Å². The number of halogens is 2. The zero-order valence-corrected chi connectivity index (χ0v) is 9.68. The van der Waals surface area contributed by atoms with Crippen molar-refractivity contribution < 1.29 is 4.74 Å². The van der Waals surface area contributed by atoms with Gasteiger partial charge in [-0.1, -0.05) is 29.3 Å². The van der Waals surface area contributed by atoms with Crippen molar-refractivity contribution in [2.45, 2.75) is 19.3 Å². The van der Waals surface area contributed by atoms with E-state index in [0.29, 0.717) is 28.8 Å². The molecule has 0 aromatic heterocycles. The average molecular weight is 244 g/mol. The highest BCUT2D eigenvalue weighted by molar-refractivity contribution is 6.37. The lowest BCUT2D eigenvalue weighted by atomic mass is 10.2. The Morgan fingerprint density at radius 1 is 1.20 bits per heavy atom. The predicted octanol–water partition coefficient (Wildman–Crippen LogP) is 4.07. The van der Waals surface area contributed by atoms with Crippen LogP contribution in [0.4, 0.5) is 0 Å². The highest BCUT2D eigenvalue weighted by Gasteiger charge is 2.05. The number of ether oxygens (including phenoxy) is 1. The quantitative estimate of drug-likeness (QED) is 0.731. The Balaban J connectivity index is 2.41. The number of benzene rings is 1. The maximum Gasteiger partial charge on any atom is 0.156 e. The molecule has 4 heteroatoms. The van der Waals surface area contributed by atoms with Crippen LogP contribution in [0.3, 0.4) is 0 Å². The molecule has 0 atom stereocenters. The van der Waals surface area contributed by atoms with Gasteiger partial charge in [0, 0.05) is 6.42 Å². The Hall–Kier alpha value is -0.910. The van der Waals surface area contributed by atoms with Gasteiger partial charge in [0.15, 0.2) is 5.75 Å². The van der Waals surface area contributed by atoms with Crippen molar-refractivity contribution in [2.75, 3.05) is 6.61 Å². The molecular weight excluding hydrogens is 233 g/mol. The van der Waals surface area contributed by atoms with Crippen LogP contribution in [-0.4, -0.2) is 6.61 Å². The van der Waals surface area contributed by atoms with Crippen molar-refractivity contribution in [3.63, 3.8) is 0 Å². The topological polar surface area (TPSA) is 33.0 Å². The summed E-state index contributed by atoms with van der Waals surface area (Å²) in [6.07, 6.45) is 2.22. The van der Waals surface area contributed by atoms with E-state index in [1.54, 1.807) is 18.2 Å². The van der Waals surface area contributed by atoms with Gasteiger partial charge >= 0.3 is 0 Å². The third-order valence-electron chi connectivity index (χ3n) is 1.85. The first-order valence-corrected chi connectivity index (χ1v) is 5.45. The Morgan fingerprint density at radius 2 is 1.87 bits per heavy atom. The summed E-state index contributed by atoms with van der Waals surface area (Å²) in [5.41, 5.74) is 0. The largest absolute Gasteiger partial charge is 0.490 e. The number of nitriles is 1. The van der Waals surface area contributed by atoms with Gasteiger partial charge in [-0.05, 0) is 25.0 Å². The third kappa shape index (κ3) is 3.99. The summed E-state index contributed by atoms with van der Waals surface area (Å²) in [6.45, 7) is 0.533. The lowest BCUT2D eigenvalue weighted by molar-refractivity contribution is 0.308. The van der Waals surface area contributed by atoms with Gasteiger partial charge in [-0.2, -0.15) is 5.26 Å². The first-order chi connectivity index (χ1) is 7.25. The van der Waals surface area contributed by atoms with Crippen LogP contribution in [0.1, 0.15) is 19.3 Å². The zero-order chi connectivity index (χ0) is 11.1. The number of nitrogens with zero attached hydrogens (tertiary/aromatic N) is 1. The molecule has 0 saturated heterocycles. The monoisotopic (exact) mass is 243 g/mol. The van der Waals surface area contributed by atoms with E-state index in [9.17, 15) is 0 Å². The second-order valence-corrected chi connectivity index (χ2v) is 3.83. The van der Waals surface area contributed by atoms with Crippen LogP contribution in [0.2, 0.25) is 10.0 Å². The second-order valence-electron chi connectivity index (χ2n) is 3.01. The van der Waals surface area contributed by atoms with E-state index >= 15 is 0 Å². The van der Waals surface area contributed by atoms with Crippen LogP contribution in [0.5, 0.6) is 5.75 Å². The maximum absolute atomic E-state index is 8.34. The van der Waals surface area contributed by atoms with Gasteiger partial charge < -0.3 is 4.74 Å². The highest BCUT2D eigenvalue weighted by atomic mass is 35.5. The molecule has 0 N–H and O–H groups in total. The van der Waals surface area contributed by atoms with Crippen molar-refractivity contribution in [3.8, 4) is 11.8 Å². The number of para-hydroxylation sites is 1. The smallest absolute Gasteiger partial charge is 0.156 e. The fraction of sp³-hybridized carbons (Fsp3) is 0.364. The van der Waals surface area contributed by atoms with Crippen molar-refractivity contribution in [2.24, 2.45) is 0 Å². The Labute approximate surface area is 99.4 Å². The van der Waals surface area contributed by atoms with E-state index < -0.39 is 0 Å². The van der Waals surface area contributed by atoms with Crippen LogP contribution < -0.4 is 4.74 Å². The zero-order valence-electron chi connectivity index (χ0n) is 8.17. The van der Waals surface area contributed by atoms with Gasteiger partial charge in [0.1, 0.15) is 0 Å². The minimum Gasteiger partial charge on any atom is -0.490 e. The molecule has 0 aliphatic heterocycles. The lowest BCUT2D eigenvalue weighted by Crippen LogP contribution is -1.98. The van der Waals surface area contributed by atoms with Crippen molar-refractivity contribution in [3.05, 3.63) is 28.2 Å². The Kier molecular flexibility index (Phi) is 5.31. The molecule has 0 bridgehead atoms. The molecule has 0 saturated carbocycles. The third-order valence-corrected chi connectivity index (χ3v) is 2.44. The molecule has 0 radical (unpaired) electrons. The Bertz CT molecular complexity index is 340.